The molecule has 1 saturated carbocycles. The number of rotatable bonds is 3. The van der Waals surface area contributed by atoms with Crippen LogP contribution >= 0.6 is 0 Å². The summed E-state index contributed by atoms with van der Waals surface area (Å²) in [5.74, 6) is 0.585. The van der Waals surface area contributed by atoms with E-state index in [1.54, 1.807) is 0 Å². The largest absolute Gasteiger partial charge is 0.369 e. The molecule has 1 aromatic rings. The number of hydrogen-bond acceptors (Lipinski definition) is 3. The predicted molar refractivity (Wildman–Crippen MR) is 87.8 cm³/mol. The summed E-state index contributed by atoms with van der Waals surface area (Å²) in [5, 5.41) is 6.71. The van der Waals surface area contributed by atoms with Crippen molar-refractivity contribution in [3.8, 4) is 0 Å². The highest BCUT2D eigenvalue weighted by molar-refractivity contribution is 5.83. The van der Waals surface area contributed by atoms with E-state index in [-0.39, 0.29) is 5.92 Å². The summed E-state index contributed by atoms with van der Waals surface area (Å²) in [6.07, 6.45) is 4.51. The minimum atomic E-state index is 0.278. The van der Waals surface area contributed by atoms with E-state index in [1.807, 2.05) is 6.07 Å². The van der Waals surface area contributed by atoms with Gasteiger partial charge in [0.15, 0.2) is 0 Å². The van der Waals surface area contributed by atoms with Gasteiger partial charge in [0.25, 0.3) is 0 Å². The lowest BCUT2D eigenvalue weighted by Gasteiger charge is -2.24. The van der Waals surface area contributed by atoms with Crippen molar-refractivity contribution < 1.29 is 4.79 Å². The summed E-state index contributed by atoms with van der Waals surface area (Å²) in [6, 6.07) is 10.8. The average molecular weight is 299 g/mol. The number of anilines is 1. The second-order valence-corrected chi connectivity index (χ2v) is 7.14. The SMILES string of the molecule is O=C(NC1CCN(c2ccccc2)C1)C1CC12CCNCC2. The number of hydrogen-bond donors (Lipinski definition) is 2. The molecule has 1 aliphatic carbocycles. The Morgan fingerprint density at radius 1 is 1.23 bits per heavy atom. The number of para-hydroxylation sites is 1. The van der Waals surface area contributed by atoms with Crippen molar-refractivity contribution in [2.75, 3.05) is 31.1 Å². The van der Waals surface area contributed by atoms with E-state index < -0.39 is 0 Å². The van der Waals surface area contributed by atoms with Gasteiger partial charge in [-0.2, -0.15) is 0 Å². The molecule has 3 fully saturated rings. The van der Waals surface area contributed by atoms with Crippen LogP contribution in [0.15, 0.2) is 30.3 Å². The van der Waals surface area contributed by atoms with Gasteiger partial charge in [-0.15, -0.1) is 0 Å². The van der Waals surface area contributed by atoms with Crippen molar-refractivity contribution >= 4 is 11.6 Å². The van der Waals surface area contributed by atoms with Gasteiger partial charge in [-0.05, 0) is 56.3 Å². The minimum Gasteiger partial charge on any atom is -0.369 e. The van der Waals surface area contributed by atoms with E-state index in [4.69, 9.17) is 0 Å². The highest BCUT2D eigenvalue weighted by Gasteiger charge is 2.57. The first-order valence-electron chi connectivity index (χ1n) is 8.58. The number of carbonyl (C=O) groups excluding carboxylic acids is 1. The normalized spacial score (nSPS) is 29.5. The van der Waals surface area contributed by atoms with Gasteiger partial charge in [-0.3, -0.25) is 4.79 Å². The molecule has 2 unspecified atom stereocenters. The molecule has 118 valence electrons. The van der Waals surface area contributed by atoms with Gasteiger partial charge in [0.1, 0.15) is 0 Å². The second kappa shape index (κ2) is 5.58. The molecule has 1 amide bonds. The zero-order chi connectivity index (χ0) is 15.0. The Balaban J connectivity index is 1.31. The summed E-state index contributed by atoms with van der Waals surface area (Å²) in [6.45, 7) is 4.13. The molecule has 0 aromatic heterocycles. The molecule has 1 aromatic carbocycles. The molecule has 4 rings (SSSR count). The van der Waals surface area contributed by atoms with Crippen LogP contribution in [0.2, 0.25) is 0 Å². The molecule has 2 heterocycles. The first-order valence-corrected chi connectivity index (χ1v) is 8.58. The van der Waals surface area contributed by atoms with Gasteiger partial charge < -0.3 is 15.5 Å². The third kappa shape index (κ3) is 2.60. The van der Waals surface area contributed by atoms with E-state index in [9.17, 15) is 4.79 Å². The lowest BCUT2D eigenvalue weighted by atomic mass is 9.91. The summed E-state index contributed by atoms with van der Waals surface area (Å²) in [4.78, 5) is 14.9. The van der Waals surface area contributed by atoms with Crippen molar-refractivity contribution in [2.24, 2.45) is 11.3 Å². The maximum Gasteiger partial charge on any atom is 0.223 e. The first-order chi connectivity index (χ1) is 10.8. The number of benzene rings is 1. The Kier molecular flexibility index (Phi) is 3.57. The fourth-order valence-corrected chi connectivity index (χ4v) is 4.25. The number of piperidine rings is 1. The quantitative estimate of drug-likeness (QED) is 0.894. The van der Waals surface area contributed by atoms with Gasteiger partial charge in [0.05, 0.1) is 0 Å². The molecule has 4 nitrogen and oxygen atoms in total. The van der Waals surface area contributed by atoms with Crippen LogP contribution in [0.5, 0.6) is 0 Å². The number of carbonyl (C=O) groups is 1. The molecular weight excluding hydrogens is 274 g/mol. The van der Waals surface area contributed by atoms with E-state index in [2.05, 4.69) is 39.8 Å². The van der Waals surface area contributed by atoms with Crippen molar-refractivity contribution in [3.05, 3.63) is 30.3 Å². The van der Waals surface area contributed by atoms with E-state index in [0.717, 1.165) is 39.0 Å². The predicted octanol–water partition coefficient (Wildman–Crippen LogP) is 1.77. The maximum absolute atomic E-state index is 12.5. The molecule has 4 heteroatoms. The van der Waals surface area contributed by atoms with Crippen molar-refractivity contribution in [3.63, 3.8) is 0 Å². The monoisotopic (exact) mass is 299 g/mol. The first kappa shape index (κ1) is 14.1. The van der Waals surface area contributed by atoms with E-state index >= 15 is 0 Å². The van der Waals surface area contributed by atoms with Crippen LogP contribution in [-0.2, 0) is 4.79 Å². The van der Waals surface area contributed by atoms with E-state index in [0.29, 0.717) is 17.4 Å². The highest BCUT2D eigenvalue weighted by atomic mass is 16.2. The number of nitrogens with one attached hydrogen (secondary N) is 2. The van der Waals surface area contributed by atoms with Crippen LogP contribution in [0.3, 0.4) is 0 Å². The molecule has 2 atom stereocenters. The van der Waals surface area contributed by atoms with Gasteiger partial charge in [-0.1, -0.05) is 18.2 Å². The van der Waals surface area contributed by atoms with Crippen LogP contribution < -0.4 is 15.5 Å². The van der Waals surface area contributed by atoms with E-state index in [1.165, 1.54) is 18.5 Å². The fourth-order valence-electron chi connectivity index (χ4n) is 4.25. The Morgan fingerprint density at radius 3 is 2.77 bits per heavy atom. The second-order valence-electron chi connectivity index (χ2n) is 7.14. The highest BCUT2D eigenvalue weighted by Crippen LogP contribution is 2.58. The van der Waals surface area contributed by atoms with Crippen LogP contribution in [-0.4, -0.2) is 38.1 Å². The Bertz CT molecular complexity index is 539. The molecular formula is C18H25N3O. The molecule has 0 radical (unpaired) electrons. The Morgan fingerprint density at radius 2 is 2.00 bits per heavy atom. The van der Waals surface area contributed by atoms with Crippen LogP contribution in [0.25, 0.3) is 0 Å². The van der Waals surface area contributed by atoms with Gasteiger partial charge in [0, 0.05) is 30.7 Å². The fraction of sp³-hybridized carbons (Fsp3) is 0.611. The molecule has 2 N–H and O–H groups in total. The summed E-state index contributed by atoms with van der Waals surface area (Å²) < 4.78 is 0. The Hall–Kier alpha value is -1.55. The van der Waals surface area contributed by atoms with Gasteiger partial charge in [-0.25, -0.2) is 0 Å². The van der Waals surface area contributed by atoms with Crippen LogP contribution in [0.4, 0.5) is 5.69 Å². The third-order valence-electron chi connectivity index (χ3n) is 5.76. The van der Waals surface area contributed by atoms with Crippen molar-refractivity contribution in [2.45, 2.75) is 31.7 Å². The zero-order valence-electron chi connectivity index (χ0n) is 13.1. The molecule has 1 spiro atoms. The van der Waals surface area contributed by atoms with Crippen molar-refractivity contribution in [1.29, 1.82) is 0 Å². The minimum absolute atomic E-state index is 0.278. The maximum atomic E-state index is 12.5. The Labute approximate surface area is 132 Å². The smallest absolute Gasteiger partial charge is 0.223 e. The van der Waals surface area contributed by atoms with Crippen molar-refractivity contribution in [1.82, 2.24) is 10.6 Å². The van der Waals surface area contributed by atoms with Crippen LogP contribution in [0, 0.1) is 11.3 Å². The molecule has 22 heavy (non-hydrogen) atoms. The van der Waals surface area contributed by atoms with Crippen LogP contribution in [0.1, 0.15) is 25.7 Å². The summed E-state index contributed by atoms with van der Waals surface area (Å²) >= 11 is 0. The van der Waals surface area contributed by atoms with Gasteiger partial charge >= 0.3 is 0 Å². The standard InChI is InChI=1S/C18H25N3O/c22-17(16-12-18(16)7-9-19-10-8-18)20-14-6-11-21(13-14)15-4-2-1-3-5-15/h1-5,14,16,19H,6-13H2,(H,20,22). The number of amides is 1. The molecule has 3 aliphatic rings. The topological polar surface area (TPSA) is 44.4 Å². The molecule has 2 saturated heterocycles. The lowest BCUT2D eigenvalue weighted by Crippen LogP contribution is -2.40. The van der Waals surface area contributed by atoms with Gasteiger partial charge in [0.2, 0.25) is 5.91 Å². The average Bonchev–Trinajstić information content (AvgIpc) is 3.04. The zero-order valence-corrected chi connectivity index (χ0v) is 13.1. The number of nitrogens with zero attached hydrogens (tertiary/aromatic N) is 1. The summed E-state index contributed by atoms with van der Waals surface area (Å²) in [7, 11) is 0. The molecule has 2 aliphatic heterocycles. The lowest BCUT2D eigenvalue weighted by molar-refractivity contribution is -0.123. The summed E-state index contributed by atoms with van der Waals surface area (Å²) in [5.41, 5.74) is 1.60. The third-order valence-corrected chi connectivity index (χ3v) is 5.76. The molecule has 0 bridgehead atoms.